The summed E-state index contributed by atoms with van der Waals surface area (Å²) in [6.07, 6.45) is 2.79. The number of aromatic nitrogens is 6. The lowest BCUT2D eigenvalue weighted by atomic mass is 9.90. The van der Waals surface area contributed by atoms with Gasteiger partial charge in [0, 0.05) is 36.8 Å². The van der Waals surface area contributed by atoms with E-state index >= 15 is 0 Å². The lowest BCUT2D eigenvalue weighted by Crippen LogP contribution is -2.35. The second kappa shape index (κ2) is 10.6. The van der Waals surface area contributed by atoms with E-state index in [1.165, 1.54) is 35.4 Å². The van der Waals surface area contributed by atoms with Crippen molar-refractivity contribution in [1.29, 1.82) is 0 Å². The molecule has 3 N–H and O–H groups in total. The summed E-state index contributed by atoms with van der Waals surface area (Å²) < 4.78 is 44.9. The van der Waals surface area contributed by atoms with Crippen molar-refractivity contribution in [1.82, 2.24) is 35.1 Å². The highest BCUT2D eigenvalue weighted by Gasteiger charge is 2.35. The van der Waals surface area contributed by atoms with Gasteiger partial charge >= 0.3 is 0 Å². The van der Waals surface area contributed by atoms with E-state index in [9.17, 15) is 27.6 Å². The number of hydrogen-bond donors (Lipinski definition) is 3. The Kier molecular flexibility index (Phi) is 7.51. The number of nitrogens with zero attached hydrogens (tertiary/aromatic N) is 5. The second-order valence-corrected chi connectivity index (χ2v) is 9.33. The molecule has 0 radical (unpaired) electrons. The predicted octanol–water partition coefficient (Wildman–Crippen LogP) is 3.32. The fraction of sp³-hybridized carbons (Fsp3) is 0.417. The molecule has 3 heterocycles. The molecule has 4 rings (SSSR count). The molecule has 1 atom stereocenters. The highest BCUT2D eigenvalue weighted by atomic mass is 19.3. The van der Waals surface area contributed by atoms with Gasteiger partial charge in [-0.25, -0.2) is 13.9 Å². The molecule has 1 fully saturated rings. The molecular formula is C24H27F3N8O3. The van der Waals surface area contributed by atoms with Crippen LogP contribution in [0.25, 0.3) is 0 Å². The monoisotopic (exact) mass is 532 g/mol. The van der Waals surface area contributed by atoms with Gasteiger partial charge in [-0.2, -0.15) is 14.6 Å². The molecule has 0 aliphatic heterocycles. The van der Waals surface area contributed by atoms with E-state index in [2.05, 4.69) is 31.0 Å². The van der Waals surface area contributed by atoms with Crippen molar-refractivity contribution in [2.45, 2.75) is 64.5 Å². The Bertz CT molecular complexity index is 1430. The van der Waals surface area contributed by atoms with Gasteiger partial charge in [-0.15, -0.1) is 5.10 Å². The van der Waals surface area contributed by atoms with Crippen molar-refractivity contribution < 1.29 is 22.8 Å². The van der Waals surface area contributed by atoms with Crippen molar-refractivity contribution in [3.63, 3.8) is 0 Å². The number of H-pyrrole nitrogens is 1. The van der Waals surface area contributed by atoms with E-state index < -0.39 is 48.1 Å². The Morgan fingerprint density at radius 3 is 2.50 bits per heavy atom. The van der Waals surface area contributed by atoms with E-state index in [1.807, 2.05) is 13.8 Å². The Morgan fingerprint density at radius 2 is 1.84 bits per heavy atom. The maximum Gasteiger partial charge on any atom is 0.274 e. The average Bonchev–Trinajstić information content (AvgIpc) is 3.50. The van der Waals surface area contributed by atoms with Gasteiger partial charge in [0.05, 0.1) is 12.2 Å². The minimum atomic E-state index is -2.88. The maximum absolute atomic E-state index is 14.7. The molecule has 0 unspecified atom stereocenters. The molecular weight excluding hydrogens is 505 g/mol. The van der Waals surface area contributed by atoms with Gasteiger partial charge < -0.3 is 10.6 Å². The molecule has 14 heteroatoms. The minimum absolute atomic E-state index is 0.122. The summed E-state index contributed by atoms with van der Waals surface area (Å²) in [6.45, 7) is 5.25. The normalized spacial score (nSPS) is 15.8. The van der Waals surface area contributed by atoms with Crippen LogP contribution in [0.5, 0.6) is 0 Å². The van der Waals surface area contributed by atoms with Crippen LogP contribution in [-0.2, 0) is 4.79 Å². The fourth-order valence-corrected chi connectivity index (χ4v) is 4.22. The van der Waals surface area contributed by atoms with Gasteiger partial charge in [-0.1, -0.05) is 0 Å². The van der Waals surface area contributed by atoms with Crippen LogP contribution in [0.2, 0.25) is 0 Å². The molecule has 2 amide bonds. The molecule has 0 spiro atoms. The van der Waals surface area contributed by atoms with Crippen LogP contribution < -0.4 is 16.2 Å². The molecule has 3 aromatic heterocycles. The van der Waals surface area contributed by atoms with E-state index in [1.54, 1.807) is 6.92 Å². The number of carbonyl (C=O) groups is 2. The predicted molar refractivity (Wildman–Crippen MR) is 130 cm³/mol. The number of alkyl halides is 2. The third kappa shape index (κ3) is 5.68. The molecule has 3 aromatic rings. The summed E-state index contributed by atoms with van der Waals surface area (Å²) in [4.78, 5) is 38.4. The van der Waals surface area contributed by atoms with Gasteiger partial charge in [-0.3, -0.25) is 23.7 Å². The first-order valence-electron chi connectivity index (χ1n) is 12.0. The molecule has 0 saturated heterocycles. The minimum Gasteiger partial charge on any atom is -0.316 e. The molecule has 1 saturated carbocycles. The summed E-state index contributed by atoms with van der Waals surface area (Å²) >= 11 is 0. The highest BCUT2D eigenvalue weighted by Crippen LogP contribution is 2.37. The Morgan fingerprint density at radius 1 is 1.13 bits per heavy atom. The lowest BCUT2D eigenvalue weighted by Gasteiger charge is -2.25. The molecule has 1 aliphatic carbocycles. The van der Waals surface area contributed by atoms with Crippen molar-refractivity contribution in [3.8, 4) is 0 Å². The van der Waals surface area contributed by atoms with E-state index in [0.717, 1.165) is 4.68 Å². The van der Waals surface area contributed by atoms with E-state index in [0.29, 0.717) is 5.57 Å². The standard InChI is InChI=1S/C24H27F3N8O3/c1-13(2)35-18(7-11-29-35)22(37)31-19(15-4-8-24(26,27)9-5-15)23(38)30-17-12-34(33-20(17)25)14(3)16-6-10-28-32-21(16)36/h6-7,10-14H,4-5,8-9H2,1-3H3,(H,30,38)(H,31,37)(H,32,36)/t14-/m0/s1. The third-order valence-corrected chi connectivity index (χ3v) is 6.34. The van der Waals surface area contributed by atoms with Gasteiger partial charge in [-0.05, 0) is 51.3 Å². The topological polar surface area (TPSA) is 140 Å². The molecule has 1 aliphatic rings. The Labute approximate surface area is 215 Å². The van der Waals surface area contributed by atoms with Crippen molar-refractivity contribution >= 4 is 17.5 Å². The van der Waals surface area contributed by atoms with Crippen LogP contribution in [-0.4, -0.2) is 47.5 Å². The molecule has 0 bridgehead atoms. The first kappa shape index (κ1) is 26.8. The van der Waals surface area contributed by atoms with Gasteiger partial charge in [0.25, 0.3) is 23.3 Å². The molecule has 0 aromatic carbocycles. The third-order valence-electron chi connectivity index (χ3n) is 6.34. The molecule has 202 valence electrons. The van der Waals surface area contributed by atoms with E-state index in [-0.39, 0.29) is 41.5 Å². The number of carbonyl (C=O) groups excluding carboxylic acids is 2. The number of allylic oxidation sites excluding steroid dienone is 1. The number of anilines is 1. The average molecular weight is 533 g/mol. The number of rotatable bonds is 7. The zero-order chi connectivity index (χ0) is 27.6. The van der Waals surface area contributed by atoms with Crippen molar-refractivity contribution in [2.24, 2.45) is 0 Å². The smallest absolute Gasteiger partial charge is 0.274 e. The quantitative estimate of drug-likeness (QED) is 0.399. The van der Waals surface area contributed by atoms with Gasteiger partial charge in [0.2, 0.25) is 5.92 Å². The lowest BCUT2D eigenvalue weighted by molar-refractivity contribution is -0.113. The van der Waals surface area contributed by atoms with Gasteiger partial charge in [0.1, 0.15) is 17.1 Å². The SMILES string of the molecule is CC(C)n1nccc1C(=O)NC(C(=O)Nc1cn([C@@H](C)c2ccn[nH]c2=O)nc1F)=C1CCC(F)(F)CC1. The molecule has 38 heavy (non-hydrogen) atoms. The highest BCUT2D eigenvalue weighted by molar-refractivity contribution is 6.08. The van der Waals surface area contributed by atoms with Crippen LogP contribution in [0.1, 0.15) is 74.6 Å². The summed E-state index contributed by atoms with van der Waals surface area (Å²) in [7, 11) is 0. The summed E-state index contributed by atoms with van der Waals surface area (Å²) in [6, 6.07) is 2.08. The largest absolute Gasteiger partial charge is 0.316 e. The number of aromatic amines is 1. The summed E-state index contributed by atoms with van der Waals surface area (Å²) in [5.74, 6) is -5.45. The van der Waals surface area contributed by atoms with Crippen molar-refractivity contribution in [3.05, 3.63) is 69.6 Å². The zero-order valence-corrected chi connectivity index (χ0v) is 21.0. The first-order valence-corrected chi connectivity index (χ1v) is 12.0. The Balaban J connectivity index is 1.61. The number of nitrogens with one attached hydrogen (secondary N) is 3. The van der Waals surface area contributed by atoms with Crippen LogP contribution >= 0.6 is 0 Å². The number of hydrogen-bond acceptors (Lipinski definition) is 6. The second-order valence-electron chi connectivity index (χ2n) is 9.33. The maximum atomic E-state index is 14.7. The summed E-state index contributed by atoms with van der Waals surface area (Å²) in [5, 5.41) is 18.7. The van der Waals surface area contributed by atoms with Crippen LogP contribution in [0.15, 0.2) is 46.8 Å². The zero-order valence-electron chi connectivity index (χ0n) is 21.0. The summed E-state index contributed by atoms with van der Waals surface area (Å²) in [5.41, 5.74) is -0.267. The van der Waals surface area contributed by atoms with Crippen LogP contribution in [0.4, 0.5) is 18.9 Å². The number of halogens is 3. The fourth-order valence-electron chi connectivity index (χ4n) is 4.22. The van der Waals surface area contributed by atoms with Crippen LogP contribution in [0, 0.1) is 5.95 Å². The first-order chi connectivity index (χ1) is 18.0. The molecule has 11 nitrogen and oxygen atoms in total. The van der Waals surface area contributed by atoms with Crippen molar-refractivity contribution in [2.75, 3.05) is 5.32 Å². The van der Waals surface area contributed by atoms with Crippen LogP contribution in [0.3, 0.4) is 0 Å². The van der Waals surface area contributed by atoms with E-state index in [4.69, 9.17) is 0 Å². The van der Waals surface area contributed by atoms with Gasteiger partial charge in [0.15, 0.2) is 0 Å². The Hall–Kier alpha value is -4.23. The number of amides is 2.